The van der Waals surface area contributed by atoms with Gasteiger partial charge in [0.2, 0.25) is 6.10 Å². The van der Waals surface area contributed by atoms with Crippen LogP contribution >= 0.6 is 11.3 Å². The van der Waals surface area contributed by atoms with E-state index in [0.29, 0.717) is 43.4 Å². The molecule has 3 aromatic rings. The van der Waals surface area contributed by atoms with Crippen molar-refractivity contribution in [2.45, 2.75) is 19.4 Å². The molecule has 5 rings (SSSR count). The van der Waals surface area contributed by atoms with Crippen molar-refractivity contribution < 1.29 is 19.1 Å². The molecule has 3 heterocycles. The molecule has 0 bridgehead atoms. The molecule has 170 valence electrons. The van der Waals surface area contributed by atoms with Gasteiger partial charge >= 0.3 is 0 Å². The lowest BCUT2D eigenvalue weighted by atomic mass is 10.1. The Morgan fingerprint density at radius 2 is 1.70 bits per heavy atom. The first-order chi connectivity index (χ1) is 16.1. The Balaban J connectivity index is 1.18. The lowest BCUT2D eigenvalue weighted by Gasteiger charge is -2.37. The van der Waals surface area contributed by atoms with E-state index in [0.717, 1.165) is 17.0 Å². The lowest BCUT2D eigenvalue weighted by Crippen LogP contribution is -2.55. The van der Waals surface area contributed by atoms with Crippen LogP contribution in [0.3, 0.4) is 0 Å². The van der Waals surface area contributed by atoms with Crippen molar-refractivity contribution >= 4 is 23.2 Å². The summed E-state index contributed by atoms with van der Waals surface area (Å²) in [5, 5.41) is 2.65. The molecule has 2 amide bonds. The van der Waals surface area contributed by atoms with Crippen LogP contribution in [0.1, 0.15) is 23.0 Å². The Hall–Kier alpha value is -3.39. The number of piperazine rings is 1. The molecule has 0 aliphatic carbocycles. The maximum Gasteiger partial charge on any atom is 0.273 e. The fourth-order valence-corrected chi connectivity index (χ4v) is 4.82. The number of fused-ring (bicyclic) bond motifs is 1. The zero-order chi connectivity index (χ0) is 22.8. The number of rotatable bonds is 4. The minimum Gasteiger partial charge on any atom is -0.485 e. The zero-order valence-corrected chi connectivity index (χ0v) is 19.2. The Labute approximate surface area is 196 Å². The predicted molar refractivity (Wildman–Crippen MR) is 126 cm³/mol. The quantitative estimate of drug-likeness (QED) is 0.592. The van der Waals surface area contributed by atoms with Crippen LogP contribution < -0.4 is 9.47 Å². The second-order valence-electron chi connectivity index (χ2n) is 8.07. The van der Waals surface area contributed by atoms with Gasteiger partial charge in [0.05, 0.1) is 0 Å². The maximum atomic E-state index is 13.0. The summed E-state index contributed by atoms with van der Waals surface area (Å²) in [4.78, 5) is 34.0. The molecule has 1 fully saturated rings. The second-order valence-corrected chi connectivity index (χ2v) is 8.93. The number of carbonyl (C=O) groups is 2. The summed E-state index contributed by atoms with van der Waals surface area (Å²) in [5.74, 6) is 1.03. The van der Waals surface area contributed by atoms with Gasteiger partial charge in [0, 0.05) is 37.1 Å². The number of aromatic nitrogens is 1. The summed E-state index contributed by atoms with van der Waals surface area (Å²) in [6.07, 6.45) is 0.325. The van der Waals surface area contributed by atoms with E-state index in [9.17, 15) is 9.59 Å². The fraction of sp³-hybridized carbons (Fsp3) is 0.320. The van der Waals surface area contributed by atoms with Crippen LogP contribution in [0.4, 0.5) is 0 Å². The average Bonchev–Trinajstić information content (AvgIpc) is 3.38. The maximum absolute atomic E-state index is 13.0. The number of thiazole rings is 1. The minimum atomic E-state index is -0.664. The molecule has 7 nitrogen and oxygen atoms in total. The highest BCUT2D eigenvalue weighted by Crippen LogP contribution is 2.31. The van der Waals surface area contributed by atoms with E-state index >= 15 is 0 Å². The normalized spacial score (nSPS) is 17.7. The number of amides is 2. The summed E-state index contributed by atoms with van der Waals surface area (Å²) < 4.78 is 11.5. The van der Waals surface area contributed by atoms with Crippen molar-refractivity contribution in [1.29, 1.82) is 0 Å². The van der Waals surface area contributed by atoms with Gasteiger partial charge in [-0.1, -0.05) is 43.3 Å². The first-order valence-corrected chi connectivity index (χ1v) is 12.0. The minimum absolute atomic E-state index is 0.0963. The number of carbonyl (C=O) groups excluding carboxylic acids is 2. The van der Waals surface area contributed by atoms with Gasteiger partial charge in [0.15, 0.2) is 11.5 Å². The molecule has 1 aromatic heterocycles. The molecule has 0 radical (unpaired) electrons. The predicted octanol–water partition coefficient (Wildman–Crippen LogP) is 3.50. The van der Waals surface area contributed by atoms with Crippen LogP contribution in [0.5, 0.6) is 11.5 Å². The first-order valence-electron chi connectivity index (χ1n) is 11.1. The third-order valence-corrected chi connectivity index (χ3v) is 6.89. The Morgan fingerprint density at radius 3 is 2.42 bits per heavy atom. The monoisotopic (exact) mass is 463 g/mol. The number of benzene rings is 2. The molecule has 8 heteroatoms. The molecule has 2 aliphatic heterocycles. The summed E-state index contributed by atoms with van der Waals surface area (Å²) >= 11 is 1.47. The van der Waals surface area contributed by atoms with Gasteiger partial charge < -0.3 is 19.3 Å². The number of ether oxygens (including phenoxy) is 2. The third kappa shape index (κ3) is 4.43. The molecule has 0 N–H and O–H groups in total. The van der Waals surface area contributed by atoms with Crippen LogP contribution in [-0.4, -0.2) is 65.5 Å². The van der Waals surface area contributed by atoms with E-state index in [1.807, 2.05) is 35.7 Å². The van der Waals surface area contributed by atoms with Crippen molar-refractivity contribution in [2.75, 3.05) is 32.8 Å². The SMILES string of the molecule is CCc1ccc(-c2nc(C(=O)N3CCN(C(=O)C4COc5ccccc5O4)CC3)cs2)cc1. The molecule has 0 spiro atoms. The second kappa shape index (κ2) is 9.23. The van der Waals surface area contributed by atoms with Crippen LogP contribution in [0.15, 0.2) is 53.9 Å². The van der Waals surface area contributed by atoms with E-state index < -0.39 is 6.10 Å². The topological polar surface area (TPSA) is 72.0 Å². The van der Waals surface area contributed by atoms with Crippen molar-refractivity contribution in [2.24, 2.45) is 0 Å². The van der Waals surface area contributed by atoms with Gasteiger partial charge in [-0.3, -0.25) is 9.59 Å². The number of nitrogens with zero attached hydrogens (tertiary/aromatic N) is 3. The molecular formula is C25H25N3O4S. The molecule has 2 aliphatic rings. The summed E-state index contributed by atoms with van der Waals surface area (Å²) in [7, 11) is 0. The largest absolute Gasteiger partial charge is 0.485 e. The van der Waals surface area contributed by atoms with Gasteiger partial charge in [0.1, 0.15) is 17.3 Å². The van der Waals surface area contributed by atoms with Gasteiger partial charge in [-0.2, -0.15) is 0 Å². The van der Waals surface area contributed by atoms with Crippen LogP contribution in [0.2, 0.25) is 0 Å². The standard InChI is InChI=1S/C25H25N3O4S/c1-2-17-7-9-18(10-8-17)23-26-19(16-33-23)24(29)27-11-13-28(14-12-27)25(30)22-15-31-20-5-3-4-6-21(20)32-22/h3-10,16,22H,2,11-15H2,1H3. The molecular weight excluding hydrogens is 438 g/mol. The number of hydrogen-bond donors (Lipinski definition) is 0. The Bertz CT molecular complexity index is 1150. The summed E-state index contributed by atoms with van der Waals surface area (Å²) in [5.41, 5.74) is 2.74. The van der Waals surface area contributed by atoms with E-state index in [1.165, 1.54) is 16.9 Å². The summed E-state index contributed by atoms with van der Waals surface area (Å²) in [6.45, 7) is 4.16. The summed E-state index contributed by atoms with van der Waals surface area (Å²) in [6, 6.07) is 15.6. The Morgan fingerprint density at radius 1 is 1.00 bits per heavy atom. The zero-order valence-electron chi connectivity index (χ0n) is 18.4. The van der Waals surface area contributed by atoms with Gasteiger partial charge in [0.25, 0.3) is 11.8 Å². The van der Waals surface area contributed by atoms with Crippen LogP contribution in [0.25, 0.3) is 10.6 Å². The van der Waals surface area contributed by atoms with Crippen LogP contribution in [-0.2, 0) is 11.2 Å². The van der Waals surface area contributed by atoms with Crippen LogP contribution in [0, 0.1) is 0 Å². The molecule has 1 saturated heterocycles. The molecule has 33 heavy (non-hydrogen) atoms. The molecule has 2 aromatic carbocycles. The van der Waals surface area contributed by atoms with Crippen molar-refractivity contribution in [3.8, 4) is 22.1 Å². The third-order valence-electron chi connectivity index (χ3n) is 6.00. The lowest BCUT2D eigenvalue weighted by molar-refractivity contribution is -0.142. The number of para-hydroxylation sites is 2. The van der Waals surface area contributed by atoms with Crippen molar-refractivity contribution in [1.82, 2.24) is 14.8 Å². The van der Waals surface area contributed by atoms with Gasteiger partial charge in [-0.05, 0) is 24.1 Å². The first kappa shape index (κ1) is 21.5. The number of aryl methyl sites for hydroxylation is 1. The van der Waals surface area contributed by atoms with E-state index in [2.05, 4.69) is 24.0 Å². The van der Waals surface area contributed by atoms with Gasteiger partial charge in [-0.15, -0.1) is 11.3 Å². The molecule has 1 unspecified atom stereocenters. The fourth-order valence-electron chi connectivity index (χ4n) is 4.02. The number of hydrogen-bond acceptors (Lipinski definition) is 6. The average molecular weight is 464 g/mol. The highest BCUT2D eigenvalue weighted by Gasteiger charge is 2.33. The van der Waals surface area contributed by atoms with E-state index in [4.69, 9.17) is 9.47 Å². The van der Waals surface area contributed by atoms with E-state index in [-0.39, 0.29) is 18.4 Å². The highest BCUT2D eigenvalue weighted by atomic mass is 32.1. The van der Waals surface area contributed by atoms with Gasteiger partial charge in [-0.25, -0.2) is 4.98 Å². The van der Waals surface area contributed by atoms with Crippen molar-refractivity contribution in [3.05, 3.63) is 65.2 Å². The van der Waals surface area contributed by atoms with E-state index in [1.54, 1.807) is 15.9 Å². The van der Waals surface area contributed by atoms with Crippen molar-refractivity contribution in [3.63, 3.8) is 0 Å². The smallest absolute Gasteiger partial charge is 0.273 e. The molecule has 0 saturated carbocycles. The molecule has 1 atom stereocenters. The Kier molecular flexibility index (Phi) is 6.00. The highest BCUT2D eigenvalue weighted by molar-refractivity contribution is 7.13.